The lowest BCUT2D eigenvalue weighted by atomic mass is 9.44. The number of aliphatic hydroxyl groups excluding tert-OH is 8. The zero-order valence-corrected chi connectivity index (χ0v) is 31.6. The van der Waals surface area contributed by atoms with E-state index in [2.05, 4.69) is 27.7 Å². The summed E-state index contributed by atoms with van der Waals surface area (Å²) in [5, 5.41) is 84.5. The van der Waals surface area contributed by atoms with Crippen LogP contribution in [-0.2, 0) is 28.4 Å². The van der Waals surface area contributed by atoms with E-state index in [4.69, 9.17) is 28.4 Å². The summed E-state index contributed by atoms with van der Waals surface area (Å²) in [6, 6.07) is 0. The molecule has 0 aromatic carbocycles. The highest BCUT2D eigenvalue weighted by Crippen LogP contribution is 2.71. The van der Waals surface area contributed by atoms with Crippen molar-refractivity contribution in [3.8, 4) is 0 Å². The van der Waals surface area contributed by atoms with Crippen LogP contribution in [0.2, 0.25) is 0 Å². The van der Waals surface area contributed by atoms with Gasteiger partial charge < -0.3 is 69.3 Å². The van der Waals surface area contributed by atoms with Crippen LogP contribution in [0, 0.1) is 52.3 Å². The summed E-state index contributed by atoms with van der Waals surface area (Å²) in [5.74, 6) is 2.90. The second kappa shape index (κ2) is 14.4. The van der Waals surface area contributed by atoms with E-state index in [1.54, 1.807) is 0 Å². The Hall–Kier alpha value is -0.560. The molecule has 8 fully saturated rings. The number of aliphatic hydroxyl groups is 8. The van der Waals surface area contributed by atoms with Crippen LogP contribution in [0.1, 0.15) is 85.5 Å². The molecule has 4 saturated heterocycles. The first-order valence-electron chi connectivity index (χ1n) is 20.4. The Kier molecular flexibility index (Phi) is 10.6. The minimum Gasteiger partial charge on any atom is -0.394 e. The molecule has 1 spiro atoms. The van der Waals surface area contributed by atoms with E-state index < -0.39 is 92.6 Å². The number of fused-ring (bicyclic) bond motifs is 7. The summed E-state index contributed by atoms with van der Waals surface area (Å²) in [7, 11) is 0. The molecule has 14 nitrogen and oxygen atoms in total. The van der Waals surface area contributed by atoms with Crippen LogP contribution in [0.5, 0.6) is 0 Å². The molecule has 4 saturated carbocycles. The van der Waals surface area contributed by atoms with Crippen LogP contribution in [0.4, 0.5) is 0 Å². The standard InChI is InChI=1S/C39H64O14/c1-17-7-10-39(48-16-17)18(2)28-25(53-39)12-22-20-6-5-19-11-24(23(42)13-38(19,4)21(20)8-9-37(22,28)3)49-35-33(47)31(45)34(27(15-41)51-35)52-36-32(46)30(44)29(43)26(14-40)50-36/h17-36,40-47H,5-16H2,1-4H3/t17-,18+,19+,20-,21+,22+,23-,24-,25+,26-,27-,28+,29-,30+,31-,32-,33-,34-,35-,36+,37+,38+,39-/m1/s1. The van der Waals surface area contributed by atoms with Crippen molar-refractivity contribution in [1.29, 1.82) is 0 Å². The highest BCUT2D eigenvalue weighted by molar-refractivity contribution is 5.16. The highest BCUT2D eigenvalue weighted by atomic mass is 16.7. The molecule has 23 atom stereocenters. The number of rotatable bonds is 6. The van der Waals surface area contributed by atoms with Crippen LogP contribution >= 0.6 is 0 Å². The third-order valence-electron chi connectivity index (χ3n) is 16.2. The molecule has 0 bridgehead atoms. The smallest absolute Gasteiger partial charge is 0.187 e. The van der Waals surface area contributed by atoms with Gasteiger partial charge in [-0.3, -0.25) is 0 Å². The minimum absolute atomic E-state index is 0.0823. The van der Waals surface area contributed by atoms with Gasteiger partial charge in [0.05, 0.1) is 38.1 Å². The molecule has 14 heteroatoms. The van der Waals surface area contributed by atoms with Crippen molar-refractivity contribution in [2.24, 2.45) is 52.3 Å². The van der Waals surface area contributed by atoms with E-state index in [-0.39, 0.29) is 16.9 Å². The summed E-state index contributed by atoms with van der Waals surface area (Å²) in [4.78, 5) is 0. The van der Waals surface area contributed by atoms with Gasteiger partial charge in [0.25, 0.3) is 0 Å². The molecule has 0 amide bonds. The SMILES string of the molecule is C[C@@H]1CC[C@@]2(OC1)O[C@H]1C[C@H]3[C@@H]4CC[C@H]5C[C@@H](O[C@@H]6O[C@H](CO)[C@@H](O[C@@H]7O[C@H](CO)[C@@H](O)[C@H](O)[C@H]7O)[C@H](O)[C@H]6O)[C@H](O)C[C@]5(C)[C@H]4CC[C@]3(C)[C@H]1[C@@H]2C. The van der Waals surface area contributed by atoms with Gasteiger partial charge in [-0.1, -0.05) is 27.7 Å². The lowest BCUT2D eigenvalue weighted by Crippen LogP contribution is -2.65. The first kappa shape index (κ1) is 39.3. The van der Waals surface area contributed by atoms with Crippen molar-refractivity contribution in [1.82, 2.24) is 0 Å². The van der Waals surface area contributed by atoms with Gasteiger partial charge in [0.1, 0.15) is 48.8 Å². The second-order valence-corrected chi connectivity index (χ2v) is 18.9. The Morgan fingerprint density at radius 1 is 0.698 bits per heavy atom. The van der Waals surface area contributed by atoms with E-state index in [0.717, 1.165) is 51.6 Å². The Labute approximate surface area is 312 Å². The number of hydrogen-bond acceptors (Lipinski definition) is 14. The maximum absolute atomic E-state index is 11.7. The fourth-order valence-corrected chi connectivity index (χ4v) is 13.3. The maximum Gasteiger partial charge on any atom is 0.187 e. The average molecular weight is 757 g/mol. The van der Waals surface area contributed by atoms with Gasteiger partial charge in [-0.25, -0.2) is 0 Å². The lowest BCUT2D eigenvalue weighted by Gasteiger charge is -2.62. The largest absolute Gasteiger partial charge is 0.394 e. The molecular weight excluding hydrogens is 692 g/mol. The number of hydrogen-bond donors (Lipinski definition) is 8. The molecule has 0 aromatic heterocycles. The molecule has 8 rings (SSSR count). The minimum atomic E-state index is -1.75. The molecule has 8 N–H and O–H groups in total. The van der Waals surface area contributed by atoms with Crippen LogP contribution in [0.25, 0.3) is 0 Å². The zero-order chi connectivity index (χ0) is 37.8. The van der Waals surface area contributed by atoms with E-state index >= 15 is 0 Å². The van der Waals surface area contributed by atoms with Gasteiger partial charge in [-0.15, -0.1) is 0 Å². The Bertz CT molecular complexity index is 1290. The summed E-state index contributed by atoms with van der Waals surface area (Å²) in [5.41, 5.74) is 0.118. The van der Waals surface area contributed by atoms with Gasteiger partial charge in [-0.05, 0) is 97.7 Å². The molecule has 0 radical (unpaired) electrons. The van der Waals surface area contributed by atoms with Crippen molar-refractivity contribution in [2.75, 3.05) is 19.8 Å². The van der Waals surface area contributed by atoms with Crippen LogP contribution in [0.15, 0.2) is 0 Å². The summed E-state index contributed by atoms with van der Waals surface area (Å²) >= 11 is 0. The van der Waals surface area contributed by atoms with Crippen LogP contribution in [0.3, 0.4) is 0 Å². The molecular formula is C39H64O14. The van der Waals surface area contributed by atoms with Gasteiger partial charge in [0.15, 0.2) is 18.4 Å². The topological polar surface area (TPSA) is 217 Å². The van der Waals surface area contributed by atoms with Gasteiger partial charge in [0, 0.05) is 12.3 Å². The van der Waals surface area contributed by atoms with Gasteiger partial charge in [0.2, 0.25) is 0 Å². The Morgan fingerprint density at radius 3 is 2.09 bits per heavy atom. The summed E-state index contributed by atoms with van der Waals surface area (Å²) < 4.78 is 36.7. The average Bonchev–Trinajstić information content (AvgIpc) is 3.58. The predicted molar refractivity (Wildman–Crippen MR) is 184 cm³/mol. The van der Waals surface area contributed by atoms with E-state index in [9.17, 15) is 40.9 Å². The van der Waals surface area contributed by atoms with Crippen molar-refractivity contribution >= 4 is 0 Å². The first-order valence-corrected chi connectivity index (χ1v) is 20.4. The fraction of sp³-hybridized carbons (Fsp3) is 1.00. The van der Waals surface area contributed by atoms with E-state index in [1.807, 2.05) is 0 Å². The molecule has 4 aliphatic carbocycles. The molecule has 8 aliphatic rings. The predicted octanol–water partition coefficient (Wildman–Crippen LogP) is 0.413. The summed E-state index contributed by atoms with van der Waals surface area (Å²) in [6.07, 6.45) is -7.80. The molecule has 4 aliphatic heterocycles. The monoisotopic (exact) mass is 756 g/mol. The molecule has 304 valence electrons. The molecule has 0 unspecified atom stereocenters. The third kappa shape index (κ3) is 6.20. The van der Waals surface area contributed by atoms with Crippen molar-refractivity contribution < 1.29 is 69.3 Å². The normalized spacial score (nSPS) is 59.5. The van der Waals surface area contributed by atoms with E-state index in [0.29, 0.717) is 54.3 Å². The quantitative estimate of drug-likeness (QED) is 0.173. The fourth-order valence-electron chi connectivity index (χ4n) is 13.3. The second-order valence-electron chi connectivity index (χ2n) is 18.9. The van der Waals surface area contributed by atoms with Crippen LogP contribution in [-0.4, -0.2) is 146 Å². The van der Waals surface area contributed by atoms with Gasteiger partial charge in [-0.2, -0.15) is 0 Å². The van der Waals surface area contributed by atoms with Crippen molar-refractivity contribution in [2.45, 2.75) is 171 Å². The maximum atomic E-state index is 11.7. The first-order chi connectivity index (χ1) is 25.2. The summed E-state index contributed by atoms with van der Waals surface area (Å²) in [6.45, 7) is 8.96. The highest BCUT2D eigenvalue weighted by Gasteiger charge is 2.69. The molecule has 4 heterocycles. The molecule has 53 heavy (non-hydrogen) atoms. The van der Waals surface area contributed by atoms with E-state index in [1.165, 1.54) is 0 Å². The van der Waals surface area contributed by atoms with Crippen LogP contribution < -0.4 is 0 Å². The van der Waals surface area contributed by atoms with Crippen molar-refractivity contribution in [3.05, 3.63) is 0 Å². The Balaban J connectivity index is 0.912. The zero-order valence-electron chi connectivity index (χ0n) is 31.6. The molecule has 0 aromatic rings. The Morgan fingerprint density at radius 2 is 1.40 bits per heavy atom. The number of ether oxygens (including phenoxy) is 6. The lowest BCUT2D eigenvalue weighted by molar-refractivity contribution is -0.366. The van der Waals surface area contributed by atoms with Crippen molar-refractivity contribution in [3.63, 3.8) is 0 Å². The van der Waals surface area contributed by atoms with Gasteiger partial charge >= 0.3 is 0 Å². The third-order valence-corrected chi connectivity index (χ3v) is 16.2.